The molecular formula is C21H33ClN2O3. The fourth-order valence-electron chi connectivity index (χ4n) is 2.64. The van der Waals surface area contributed by atoms with Gasteiger partial charge in [0, 0.05) is 11.7 Å². The van der Waals surface area contributed by atoms with Crippen LogP contribution < -0.4 is 10.1 Å². The lowest BCUT2D eigenvalue weighted by molar-refractivity contribution is 0.0464. The van der Waals surface area contributed by atoms with E-state index in [1.54, 1.807) is 0 Å². The maximum atomic E-state index is 12.3. The second-order valence-corrected chi connectivity index (χ2v) is 9.90. The van der Waals surface area contributed by atoms with E-state index in [0.717, 1.165) is 11.3 Å². The fraction of sp³-hybridized carbons (Fsp3) is 0.714. The molecule has 0 saturated heterocycles. The SMILES string of the molecule is Cc1nc(Cl)c(OCC2CC2)cc1C[C@H](NC(=O)OC(C)(C)C)C(C)(C)C. The summed E-state index contributed by atoms with van der Waals surface area (Å²) >= 11 is 6.26. The van der Waals surface area contributed by atoms with Gasteiger partial charge in [-0.25, -0.2) is 9.78 Å². The Labute approximate surface area is 168 Å². The van der Waals surface area contributed by atoms with Crippen molar-refractivity contribution in [2.24, 2.45) is 11.3 Å². The van der Waals surface area contributed by atoms with Crippen molar-refractivity contribution in [2.75, 3.05) is 6.61 Å². The van der Waals surface area contributed by atoms with Crippen LogP contribution in [0.15, 0.2) is 6.07 Å². The number of alkyl carbamates (subject to hydrolysis) is 1. The highest BCUT2D eigenvalue weighted by molar-refractivity contribution is 6.30. The number of hydrogen-bond acceptors (Lipinski definition) is 4. The summed E-state index contributed by atoms with van der Waals surface area (Å²) in [6.07, 6.45) is 2.65. The molecule has 1 fully saturated rings. The van der Waals surface area contributed by atoms with Crippen LogP contribution in [-0.2, 0) is 11.2 Å². The molecule has 1 amide bonds. The molecule has 1 aromatic heterocycles. The zero-order valence-electron chi connectivity index (χ0n) is 17.6. The maximum Gasteiger partial charge on any atom is 0.407 e. The van der Waals surface area contributed by atoms with Crippen LogP contribution in [0.4, 0.5) is 4.79 Å². The number of halogens is 1. The van der Waals surface area contributed by atoms with Crippen molar-refractivity contribution >= 4 is 17.7 Å². The van der Waals surface area contributed by atoms with Crippen LogP contribution in [0.25, 0.3) is 0 Å². The quantitative estimate of drug-likeness (QED) is 0.661. The third-order valence-corrected chi connectivity index (χ3v) is 4.84. The Morgan fingerprint density at radius 2 is 1.93 bits per heavy atom. The summed E-state index contributed by atoms with van der Waals surface area (Å²) in [4.78, 5) is 16.7. The smallest absolute Gasteiger partial charge is 0.407 e. The molecule has 2 rings (SSSR count). The first-order valence-electron chi connectivity index (χ1n) is 9.63. The molecule has 1 N–H and O–H groups in total. The number of nitrogens with one attached hydrogen (secondary N) is 1. The minimum Gasteiger partial charge on any atom is -0.490 e. The zero-order valence-corrected chi connectivity index (χ0v) is 18.4. The van der Waals surface area contributed by atoms with E-state index in [9.17, 15) is 4.79 Å². The van der Waals surface area contributed by atoms with Gasteiger partial charge in [0.2, 0.25) is 0 Å². The normalized spacial score (nSPS) is 16.0. The zero-order chi connectivity index (χ0) is 20.4. The predicted molar refractivity (Wildman–Crippen MR) is 109 cm³/mol. The minimum absolute atomic E-state index is 0.120. The molecule has 0 aliphatic heterocycles. The number of carbonyl (C=O) groups excluding carboxylic acids is 1. The number of nitrogens with zero attached hydrogens (tertiary/aromatic N) is 1. The Hall–Kier alpha value is -1.49. The van der Waals surface area contributed by atoms with E-state index >= 15 is 0 Å². The van der Waals surface area contributed by atoms with Crippen LogP contribution >= 0.6 is 11.6 Å². The van der Waals surface area contributed by atoms with E-state index in [1.165, 1.54) is 12.8 Å². The van der Waals surface area contributed by atoms with Gasteiger partial charge in [0.05, 0.1) is 6.61 Å². The minimum atomic E-state index is -0.534. The molecule has 5 nitrogen and oxygen atoms in total. The Kier molecular flexibility index (Phi) is 6.67. The molecular weight excluding hydrogens is 364 g/mol. The standard InChI is InChI=1S/C21H33ClN2O3/c1-13-15(10-16(18(22)23-13)26-12-14-8-9-14)11-17(20(2,3)4)24-19(25)27-21(5,6)7/h10,14,17H,8-9,11-12H2,1-7H3,(H,24,25)/t17-/m0/s1. The molecule has 1 aliphatic carbocycles. The highest BCUT2D eigenvalue weighted by atomic mass is 35.5. The molecule has 0 spiro atoms. The number of pyridine rings is 1. The molecule has 1 aliphatic rings. The van der Waals surface area contributed by atoms with Gasteiger partial charge in [0.1, 0.15) is 5.60 Å². The number of hydrogen-bond donors (Lipinski definition) is 1. The molecule has 6 heteroatoms. The Bertz CT molecular complexity index is 673. The Balaban J connectivity index is 2.15. The van der Waals surface area contributed by atoms with Crippen LogP contribution in [-0.4, -0.2) is 29.3 Å². The van der Waals surface area contributed by atoms with Gasteiger partial charge in [-0.3, -0.25) is 0 Å². The summed E-state index contributed by atoms with van der Waals surface area (Å²) in [6.45, 7) is 14.5. The van der Waals surface area contributed by atoms with E-state index in [2.05, 4.69) is 31.1 Å². The predicted octanol–water partition coefficient (Wildman–Crippen LogP) is 5.31. The summed E-state index contributed by atoms with van der Waals surface area (Å²) < 4.78 is 11.3. The topological polar surface area (TPSA) is 60.5 Å². The van der Waals surface area contributed by atoms with E-state index < -0.39 is 11.7 Å². The van der Waals surface area contributed by atoms with Gasteiger partial charge in [-0.2, -0.15) is 0 Å². The van der Waals surface area contributed by atoms with Crippen LogP contribution in [0.3, 0.4) is 0 Å². The van der Waals surface area contributed by atoms with Crippen LogP contribution in [0.1, 0.15) is 65.6 Å². The third kappa shape index (κ3) is 7.21. The number of rotatable bonds is 6. The van der Waals surface area contributed by atoms with Gasteiger partial charge in [0.25, 0.3) is 0 Å². The summed E-state index contributed by atoms with van der Waals surface area (Å²) in [7, 11) is 0. The molecule has 1 aromatic rings. The number of aromatic nitrogens is 1. The molecule has 1 heterocycles. The lowest BCUT2D eigenvalue weighted by Crippen LogP contribution is -2.47. The van der Waals surface area contributed by atoms with E-state index in [1.807, 2.05) is 33.8 Å². The van der Waals surface area contributed by atoms with Gasteiger partial charge in [-0.05, 0) is 69.9 Å². The molecule has 0 aromatic carbocycles. The maximum absolute atomic E-state index is 12.3. The molecule has 0 unspecified atom stereocenters. The average molecular weight is 397 g/mol. The Morgan fingerprint density at radius 3 is 2.44 bits per heavy atom. The number of ether oxygens (including phenoxy) is 2. The summed E-state index contributed by atoms with van der Waals surface area (Å²) in [6, 6.07) is 1.84. The van der Waals surface area contributed by atoms with Crippen molar-refractivity contribution in [1.29, 1.82) is 0 Å². The molecule has 1 atom stereocenters. The highest BCUT2D eigenvalue weighted by Crippen LogP contribution is 2.33. The summed E-state index contributed by atoms with van der Waals surface area (Å²) in [5.74, 6) is 1.26. The lowest BCUT2D eigenvalue weighted by Gasteiger charge is -2.33. The molecule has 152 valence electrons. The fourth-order valence-corrected chi connectivity index (χ4v) is 2.88. The van der Waals surface area contributed by atoms with Crippen molar-refractivity contribution < 1.29 is 14.3 Å². The third-order valence-electron chi connectivity index (χ3n) is 4.57. The van der Waals surface area contributed by atoms with E-state index in [-0.39, 0.29) is 11.5 Å². The monoisotopic (exact) mass is 396 g/mol. The first kappa shape index (κ1) is 21.8. The first-order valence-corrected chi connectivity index (χ1v) is 10.0. The van der Waals surface area contributed by atoms with Crippen molar-refractivity contribution in [3.63, 3.8) is 0 Å². The average Bonchev–Trinajstić information content (AvgIpc) is 3.29. The van der Waals surface area contributed by atoms with Gasteiger partial charge in [0.15, 0.2) is 10.9 Å². The first-order chi connectivity index (χ1) is 12.3. The second kappa shape index (κ2) is 8.26. The van der Waals surface area contributed by atoms with Gasteiger partial charge < -0.3 is 14.8 Å². The summed E-state index contributed by atoms with van der Waals surface area (Å²) in [5, 5.41) is 3.41. The van der Waals surface area contributed by atoms with Crippen molar-refractivity contribution in [3.05, 3.63) is 22.5 Å². The number of carbonyl (C=O) groups is 1. The molecule has 27 heavy (non-hydrogen) atoms. The van der Waals surface area contributed by atoms with Crippen LogP contribution in [0, 0.1) is 18.3 Å². The van der Waals surface area contributed by atoms with Gasteiger partial charge in [-0.15, -0.1) is 0 Å². The largest absolute Gasteiger partial charge is 0.490 e. The van der Waals surface area contributed by atoms with Gasteiger partial charge >= 0.3 is 6.09 Å². The highest BCUT2D eigenvalue weighted by Gasteiger charge is 2.30. The Morgan fingerprint density at radius 1 is 1.30 bits per heavy atom. The van der Waals surface area contributed by atoms with Crippen LogP contribution in [0.5, 0.6) is 5.75 Å². The van der Waals surface area contributed by atoms with E-state index in [0.29, 0.717) is 29.8 Å². The number of amides is 1. The second-order valence-electron chi connectivity index (χ2n) is 9.55. The van der Waals surface area contributed by atoms with Crippen molar-refractivity contribution in [2.45, 2.75) is 79.4 Å². The van der Waals surface area contributed by atoms with Crippen LogP contribution in [0.2, 0.25) is 5.15 Å². The summed E-state index contributed by atoms with van der Waals surface area (Å²) in [5.41, 5.74) is 1.17. The molecule has 1 saturated carbocycles. The number of aryl methyl sites for hydroxylation is 1. The molecule has 0 bridgehead atoms. The lowest BCUT2D eigenvalue weighted by atomic mass is 9.83. The molecule has 0 radical (unpaired) electrons. The van der Waals surface area contributed by atoms with Crippen molar-refractivity contribution in [1.82, 2.24) is 10.3 Å². The van der Waals surface area contributed by atoms with E-state index in [4.69, 9.17) is 21.1 Å². The van der Waals surface area contributed by atoms with Crippen molar-refractivity contribution in [3.8, 4) is 5.75 Å². The van der Waals surface area contributed by atoms with Gasteiger partial charge in [-0.1, -0.05) is 32.4 Å².